The van der Waals surface area contributed by atoms with Gasteiger partial charge in [-0.3, -0.25) is 9.48 Å². The number of nitrogens with zero attached hydrogens (tertiary/aromatic N) is 2. The van der Waals surface area contributed by atoms with E-state index in [0.717, 1.165) is 12.8 Å². The Balaban J connectivity index is 1.59. The van der Waals surface area contributed by atoms with Crippen LogP contribution in [0.4, 0.5) is 10.1 Å². The predicted octanol–water partition coefficient (Wildman–Crippen LogP) is 3.51. The van der Waals surface area contributed by atoms with Crippen LogP contribution in [0.2, 0.25) is 5.02 Å². The van der Waals surface area contributed by atoms with E-state index in [4.69, 9.17) is 16.7 Å². The molecule has 1 aliphatic carbocycles. The number of benzene rings is 2. The third kappa shape index (κ3) is 4.38. The third-order valence-electron chi connectivity index (χ3n) is 4.79. The van der Waals surface area contributed by atoms with Gasteiger partial charge in [0.25, 0.3) is 0 Å². The molecule has 3 aromatic rings. The molecule has 1 saturated carbocycles. The maximum absolute atomic E-state index is 13.6. The van der Waals surface area contributed by atoms with Crippen molar-refractivity contribution in [1.29, 1.82) is 0 Å². The number of aromatic nitrogens is 2. The van der Waals surface area contributed by atoms with Crippen LogP contribution in [0.3, 0.4) is 0 Å². The zero-order chi connectivity index (χ0) is 21.5. The first-order chi connectivity index (χ1) is 14.2. The van der Waals surface area contributed by atoms with Gasteiger partial charge in [-0.25, -0.2) is 17.9 Å². The lowest BCUT2D eigenvalue weighted by Crippen LogP contribution is -2.17. The molecule has 1 heterocycles. The summed E-state index contributed by atoms with van der Waals surface area (Å²) in [4.78, 5) is 12.2. The third-order valence-corrected chi connectivity index (χ3v) is 6.16. The standard InChI is InChI=1S/C20H18ClFN4O3S/c21-20-12(2-1-3-17(20)22)8-19(27)25-14-4-7-16(18(9-14)30(23,28)29)13-10-24-26(11-13)15-5-6-15/h1-4,7,9-11,15H,5-6,8H2,(H,25,27)(H2,23,28,29). The Morgan fingerprint density at radius 3 is 2.77 bits per heavy atom. The summed E-state index contributed by atoms with van der Waals surface area (Å²) in [7, 11) is -4.07. The summed E-state index contributed by atoms with van der Waals surface area (Å²) >= 11 is 5.88. The highest BCUT2D eigenvalue weighted by Crippen LogP contribution is 2.36. The molecule has 0 atom stereocenters. The first-order valence-corrected chi connectivity index (χ1v) is 11.1. The summed E-state index contributed by atoms with van der Waals surface area (Å²) in [6.07, 6.45) is 5.29. The van der Waals surface area contributed by atoms with Gasteiger partial charge in [0.2, 0.25) is 15.9 Å². The number of nitrogens with one attached hydrogen (secondary N) is 1. The van der Waals surface area contributed by atoms with Crippen molar-refractivity contribution in [2.45, 2.75) is 30.2 Å². The smallest absolute Gasteiger partial charge is 0.238 e. The van der Waals surface area contributed by atoms with Crippen molar-refractivity contribution in [3.8, 4) is 11.1 Å². The number of carbonyl (C=O) groups is 1. The second-order valence-electron chi connectivity index (χ2n) is 7.13. The average molecular weight is 449 g/mol. The lowest BCUT2D eigenvalue weighted by atomic mass is 10.1. The number of primary sulfonamides is 1. The van der Waals surface area contributed by atoms with Gasteiger partial charge in [-0.15, -0.1) is 0 Å². The normalized spacial score (nSPS) is 14.0. The molecule has 1 amide bonds. The van der Waals surface area contributed by atoms with Crippen molar-refractivity contribution >= 4 is 33.2 Å². The molecular weight excluding hydrogens is 431 g/mol. The lowest BCUT2D eigenvalue weighted by molar-refractivity contribution is -0.115. The number of rotatable bonds is 6. The van der Waals surface area contributed by atoms with E-state index < -0.39 is 21.7 Å². The highest BCUT2D eigenvalue weighted by Gasteiger charge is 2.25. The Morgan fingerprint density at radius 2 is 2.07 bits per heavy atom. The number of hydrogen-bond acceptors (Lipinski definition) is 4. The van der Waals surface area contributed by atoms with Crippen molar-refractivity contribution < 1.29 is 17.6 Å². The first kappa shape index (κ1) is 20.5. The molecule has 0 radical (unpaired) electrons. The summed E-state index contributed by atoms with van der Waals surface area (Å²) in [5.41, 5.74) is 1.59. The number of nitrogens with two attached hydrogens (primary N) is 1. The Bertz CT molecular complexity index is 1240. The minimum Gasteiger partial charge on any atom is -0.326 e. The lowest BCUT2D eigenvalue weighted by Gasteiger charge is -2.11. The summed E-state index contributed by atoms with van der Waals surface area (Å²) in [5.74, 6) is -1.09. The van der Waals surface area contributed by atoms with Gasteiger partial charge in [0.1, 0.15) is 5.82 Å². The largest absolute Gasteiger partial charge is 0.326 e. The van der Waals surface area contributed by atoms with Gasteiger partial charge in [0, 0.05) is 23.0 Å². The van der Waals surface area contributed by atoms with Crippen molar-refractivity contribution in [1.82, 2.24) is 9.78 Å². The molecule has 3 N–H and O–H groups in total. The molecule has 0 bridgehead atoms. The van der Waals surface area contributed by atoms with Gasteiger partial charge >= 0.3 is 0 Å². The fraction of sp³-hybridized carbons (Fsp3) is 0.200. The van der Waals surface area contributed by atoms with Crippen molar-refractivity contribution in [3.05, 3.63) is 65.2 Å². The summed E-state index contributed by atoms with van der Waals surface area (Å²) in [5, 5.41) is 12.2. The van der Waals surface area contributed by atoms with Crippen molar-refractivity contribution in [2.24, 2.45) is 5.14 Å². The second-order valence-corrected chi connectivity index (χ2v) is 9.04. The maximum Gasteiger partial charge on any atom is 0.238 e. The predicted molar refractivity (Wildman–Crippen MR) is 111 cm³/mol. The van der Waals surface area contributed by atoms with E-state index in [2.05, 4.69) is 10.4 Å². The van der Waals surface area contributed by atoms with Crippen LogP contribution in [0, 0.1) is 5.82 Å². The van der Waals surface area contributed by atoms with Crippen molar-refractivity contribution in [2.75, 3.05) is 5.32 Å². The van der Waals surface area contributed by atoms with E-state index in [9.17, 15) is 17.6 Å². The molecule has 7 nitrogen and oxygen atoms in total. The van der Waals surface area contributed by atoms with Crippen LogP contribution < -0.4 is 10.5 Å². The molecule has 156 valence electrons. The fourth-order valence-electron chi connectivity index (χ4n) is 3.15. The van der Waals surface area contributed by atoms with Gasteiger partial charge in [0.05, 0.1) is 28.6 Å². The Labute approximate surface area is 177 Å². The number of amides is 1. The molecular formula is C20H18ClFN4O3S. The van der Waals surface area contributed by atoms with Gasteiger partial charge in [-0.05, 0) is 36.6 Å². The minimum atomic E-state index is -4.07. The molecule has 4 rings (SSSR count). The number of sulfonamides is 1. The topological polar surface area (TPSA) is 107 Å². The zero-order valence-corrected chi connectivity index (χ0v) is 17.3. The summed E-state index contributed by atoms with van der Waals surface area (Å²) in [6, 6.07) is 8.99. The van der Waals surface area contributed by atoms with E-state index >= 15 is 0 Å². The van der Waals surface area contributed by atoms with Gasteiger partial charge in [0.15, 0.2) is 0 Å². The molecule has 1 fully saturated rings. The van der Waals surface area contributed by atoms with E-state index in [1.54, 1.807) is 35.3 Å². The van der Waals surface area contributed by atoms with Crippen LogP contribution in [0.5, 0.6) is 0 Å². The number of anilines is 1. The molecule has 0 saturated heterocycles. The molecule has 1 aromatic heterocycles. The van der Waals surface area contributed by atoms with E-state index in [0.29, 0.717) is 22.7 Å². The number of hydrogen-bond donors (Lipinski definition) is 2. The Kier molecular flexibility index (Phi) is 5.35. The van der Waals surface area contributed by atoms with Crippen LogP contribution >= 0.6 is 11.6 Å². The van der Waals surface area contributed by atoms with Crippen LogP contribution in [0.25, 0.3) is 11.1 Å². The molecule has 30 heavy (non-hydrogen) atoms. The molecule has 0 unspecified atom stereocenters. The van der Waals surface area contributed by atoms with Crippen molar-refractivity contribution in [3.63, 3.8) is 0 Å². The highest BCUT2D eigenvalue weighted by atomic mass is 35.5. The summed E-state index contributed by atoms with van der Waals surface area (Å²) < 4.78 is 39.7. The SMILES string of the molecule is NS(=O)(=O)c1cc(NC(=O)Cc2cccc(F)c2Cl)ccc1-c1cnn(C2CC2)c1. The van der Waals surface area contributed by atoms with Gasteiger partial charge < -0.3 is 5.32 Å². The number of carbonyl (C=O) groups excluding carboxylic acids is 1. The van der Waals surface area contributed by atoms with E-state index in [-0.39, 0.29) is 22.0 Å². The maximum atomic E-state index is 13.6. The molecule has 0 spiro atoms. The quantitative estimate of drug-likeness (QED) is 0.601. The second kappa shape index (κ2) is 7.82. The monoisotopic (exact) mass is 448 g/mol. The van der Waals surface area contributed by atoms with Gasteiger partial charge in [-0.2, -0.15) is 5.10 Å². The first-order valence-electron chi connectivity index (χ1n) is 9.16. The molecule has 1 aliphatic rings. The zero-order valence-electron chi connectivity index (χ0n) is 15.7. The van der Waals surface area contributed by atoms with E-state index in [1.165, 1.54) is 18.2 Å². The van der Waals surface area contributed by atoms with Crippen LogP contribution in [0.15, 0.2) is 53.7 Å². The van der Waals surface area contributed by atoms with Crippen LogP contribution in [-0.4, -0.2) is 24.1 Å². The number of halogens is 2. The molecule has 0 aliphatic heterocycles. The summed E-state index contributed by atoms with van der Waals surface area (Å²) in [6.45, 7) is 0. The molecule has 2 aromatic carbocycles. The van der Waals surface area contributed by atoms with Crippen LogP contribution in [-0.2, 0) is 21.2 Å². The molecule has 10 heteroatoms. The minimum absolute atomic E-state index is 0.124. The Hall–Kier alpha value is -2.75. The Morgan fingerprint density at radius 1 is 1.30 bits per heavy atom. The van der Waals surface area contributed by atoms with Crippen LogP contribution in [0.1, 0.15) is 24.4 Å². The van der Waals surface area contributed by atoms with E-state index in [1.807, 2.05) is 0 Å². The fourth-order valence-corrected chi connectivity index (χ4v) is 4.13. The van der Waals surface area contributed by atoms with Gasteiger partial charge in [-0.1, -0.05) is 29.8 Å². The average Bonchev–Trinajstić information content (AvgIpc) is 3.42. The highest BCUT2D eigenvalue weighted by molar-refractivity contribution is 7.89.